The maximum atomic E-state index is 12.0. The largest absolute Gasteiger partial charge is 0.444 e. The molecular weight excluding hydrogens is 471 g/mol. The molecule has 0 radical (unpaired) electrons. The van der Waals surface area contributed by atoms with E-state index in [0.29, 0.717) is 18.5 Å². The highest BCUT2D eigenvalue weighted by atomic mass is 127. The number of guanidine groups is 1. The zero-order valence-corrected chi connectivity index (χ0v) is 20.9. The second-order valence-electron chi connectivity index (χ2n) is 8.41. The Morgan fingerprint density at radius 3 is 2.39 bits per heavy atom. The lowest BCUT2D eigenvalue weighted by Gasteiger charge is -2.30. The van der Waals surface area contributed by atoms with Gasteiger partial charge in [0.25, 0.3) is 0 Å². The van der Waals surface area contributed by atoms with Crippen LogP contribution in [0.1, 0.15) is 59.8 Å². The number of amides is 1. The number of hydrogen-bond donors (Lipinski definition) is 2. The van der Waals surface area contributed by atoms with Gasteiger partial charge in [0.2, 0.25) is 0 Å². The van der Waals surface area contributed by atoms with Gasteiger partial charge in [-0.3, -0.25) is 4.99 Å². The molecule has 1 rings (SSSR count). The van der Waals surface area contributed by atoms with E-state index in [9.17, 15) is 4.79 Å². The highest BCUT2D eigenvalue weighted by Crippen LogP contribution is 2.40. The number of nitrogens with one attached hydrogen (secondary N) is 2. The smallest absolute Gasteiger partial charge is 0.410 e. The summed E-state index contributed by atoms with van der Waals surface area (Å²) < 4.78 is 10.9. The first-order valence-electron chi connectivity index (χ1n) is 10.2. The molecule has 0 unspecified atom stereocenters. The summed E-state index contributed by atoms with van der Waals surface area (Å²) in [7, 11) is 3.52. The monoisotopic (exact) mass is 512 g/mol. The van der Waals surface area contributed by atoms with Crippen LogP contribution in [-0.4, -0.2) is 69.5 Å². The lowest BCUT2D eigenvalue weighted by atomic mass is 9.83. The van der Waals surface area contributed by atoms with Crippen LogP contribution in [0.15, 0.2) is 4.99 Å². The van der Waals surface area contributed by atoms with Crippen LogP contribution in [0.2, 0.25) is 0 Å². The molecule has 1 amide bonds. The normalized spacial score (nSPS) is 16.3. The zero-order valence-electron chi connectivity index (χ0n) is 18.6. The number of rotatable bonds is 9. The quantitative estimate of drug-likeness (QED) is 0.214. The molecule has 0 bridgehead atoms. The fourth-order valence-electron chi connectivity index (χ4n) is 3.34. The zero-order chi connectivity index (χ0) is 20.3. The van der Waals surface area contributed by atoms with E-state index in [1.807, 2.05) is 27.7 Å². The fraction of sp³-hybridized carbons (Fsp3) is 0.900. The molecule has 1 saturated carbocycles. The molecule has 0 aliphatic heterocycles. The molecule has 166 valence electrons. The van der Waals surface area contributed by atoms with Crippen molar-refractivity contribution >= 4 is 36.0 Å². The van der Waals surface area contributed by atoms with E-state index >= 15 is 0 Å². The first-order valence-corrected chi connectivity index (χ1v) is 10.2. The van der Waals surface area contributed by atoms with Crippen LogP contribution in [-0.2, 0) is 9.47 Å². The van der Waals surface area contributed by atoms with Gasteiger partial charge in [-0.05, 0) is 52.4 Å². The maximum Gasteiger partial charge on any atom is 0.410 e. The van der Waals surface area contributed by atoms with Gasteiger partial charge >= 0.3 is 6.09 Å². The van der Waals surface area contributed by atoms with E-state index in [-0.39, 0.29) is 30.1 Å². The van der Waals surface area contributed by atoms with Crippen LogP contribution in [0.5, 0.6) is 0 Å². The summed E-state index contributed by atoms with van der Waals surface area (Å²) in [5.74, 6) is 0.773. The Bertz CT molecular complexity index is 475. The topological polar surface area (TPSA) is 75.2 Å². The number of hydrogen-bond acceptors (Lipinski definition) is 4. The van der Waals surface area contributed by atoms with Gasteiger partial charge in [0.1, 0.15) is 5.60 Å². The molecule has 1 fully saturated rings. The Hall–Kier alpha value is -0.770. The number of aliphatic imine (C=N–C) groups is 1. The highest BCUT2D eigenvalue weighted by Gasteiger charge is 2.33. The first kappa shape index (κ1) is 27.2. The lowest BCUT2D eigenvalue weighted by molar-refractivity contribution is 0.0302. The minimum absolute atomic E-state index is 0. The second-order valence-corrected chi connectivity index (χ2v) is 8.41. The van der Waals surface area contributed by atoms with Crippen LogP contribution in [0.4, 0.5) is 4.79 Å². The van der Waals surface area contributed by atoms with Gasteiger partial charge in [-0.1, -0.05) is 12.8 Å². The summed E-state index contributed by atoms with van der Waals surface area (Å²) in [6, 6.07) is 0. The minimum atomic E-state index is -0.479. The average Bonchev–Trinajstić information content (AvgIpc) is 3.05. The van der Waals surface area contributed by atoms with Gasteiger partial charge in [-0.2, -0.15) is 0 Å². The van der Waals surface area contributed by atoms with E-state index in [2.05, 4.69) is 15.6 Å². The second kappa shape index (κ2) is 13.5. The summed E-state index contributed by atoms with van der Waals surface area (Å²) in [6.07, 6.45) is 5.84. The number of ether oxygens (including phenoxy) is 2. The molecule has 1 aliphatic carbocycles. The Morgan fingerprint density at radius 2 is 1.86 bits per heavy atom. The van der Waals surface area contributed by atoms with Crippen molar-refractivity contribution in [1.29, 1.82) is 0 Å². The molecule has 0 aromatic rings. The highest BCUT2D eigenvalue weighted by molar-refractivity contribution is 14.0. The molecule has 0 atom stereocenters. The van der Waals surface area contributed by atoms with Crippen molar-refractivity contribution in [1.82, 2.24) is 15.5 Å². The fourth-order valence-corrected chi connectivity index (χ4v) is 3.34. The molecule has 8 heteroatoms. The van der Waals surface area contributed by atoms with Gasteiger partial charge < -0.3 is 25.0 Å². The van der Waals surface area contributed by atoms with E-state index in [4.69, 9.17) is 9.47 Å². The van der Waals surface area contributed by atoms with Crippen molar-refractivity contribution in [2.75, 3.05) is 46.9 Å². The molecule has 0 heterocycles. The Morgan fingerprint density at radius 1 is 1.21 bits per heavy atom. The molecule has 28 heavy (non-hydrogen) atoms. The molecule has 0 saturated heterocycles. The van der Waals surface area contributed by atoms with E-state index < -0.39 is 5.60 Å². The number of halogens is 1. The van der Waals surface area contributed by atoms with Crippen LogP contribution < -0.4 is 10.6 Å². The third-order valence-electron chi connectivity index (χ3n) is 4.94. The van der Waals surface area contributed by atoms with E-state index in [1.54, 1.807) is 19.0 Å². The molecule has 0 aromatic heterocycles. The van der Waals surface area contributed by atoms with Gasteiger partial charge in [0, 0.05) is 46.9 Å². The molecule has 2 N–H and O–H groups in total. The van der Waals surface area contributed by atoms with Crippen LogP contribution in [0, 0.1) is 5.41 Å². The number of nitrogens with zero attached hydrogens (tertiary/aromatic N) is 2. The van der Waals surface area contributed by atoms with Crippen molar-refractivity contribution in [3.63, 3.8) is 0 Å². The van der Waals surface area contributed by atoms with Crippen LogP contribution in [0.3, 0.4) is 0 Å². The van der Waals surface area contributed by atoms with Crippen molar-refractivity contribution in [2.24, 2.45) is 10.4 Å². The maximum absolute atomic E-state index is 12.0. The Balaban J connectivity index is 0.00000729. The van der Waals surface area contributed by atoms with E-state index in [0.717, 1.165) is 32.1 Å². The van der Waals surface area contributed by atoms with Crippen LogP contribution >= 0.6 is 24.0 Å². The number of carbonyl (C=O) groups excluding carboxylic acids is 1. The van der Waals surface area contributed by atoms with Crippen molar-refractivity contribution in [2.45, 2.75) is 65.4 Å². The molecular formula is C20H41IN4O3. The Labute approximate surface area is 188 Å². The predicted molar refractivity (Wildman–Crippen MR) is 126 cm³/mol. The van der Waals surface area contributed by atoms with Gasteiger partial charge in [0.15, 0.2) is 5.96 Å². The number of carbonyl (C=O) groups is 1. The minimum Gasteiger partial charge on any atom is -0.444 e. The average molecular weight is 512 g/mol. The van der Waals surface area contributed by atoms with E-state index in [1.165, 1.54) is 25.7 Å². The summed E-state index contributed by atoms with van der Waals surface area (Å²) in [4.78, 5) is 17.9. The van der Waals surface area contributed by atoms with Crippen molar-refractivity contribution in [3.8, 4) is 0 Å². The third-order valence-corrected chi connectivity index (χ3v) is 4.94. The van der Waals surface area contributed by atoms with Crippen LogP contribution in [0.25, 0.3) is 0 Å². The molecule has 0 spiro atoms. The lowest BCUT2D eigenvalue weighted by Crippen LogP contribution is -2.46. The number of likely N-dealkylation sites (N-methyl/N-ethyl adjacent to an activating group) is 1. The summed E-state index contributed by atoms with van der Waals surface area (Å²) in [5, 5.41) is 6.75. The summed E-state index contributed by atoms with van der Waals surface area (Å²) >= 11 is 0. The molecule has 1 aliphatic rings. The third kappa shape index (κ3) is 10.7. The summed E-state index contributed by atoms with van der Waals surface area (Å²) in [6.45, 7) is 11.3. The summed E-state index contributed by atoms with van der Waals surface area (Å²) in [5.41, 5.74) is -0.173. The molecule has 7 nitrogen and oxygen atoms in total. The Kier molecular flexibility index (Phi) is 13.1. The standard InChI is InChI=1S/C20H40N4O3.HI/c1-7-26-15-12-20(10-8-9-11-20)16-23-17(21-5)22-13-14-24(6)18(25)27-19(2,3)4;/h7-16H2,1-6H3,(H2,21,22,23);1H. The van der Waals surface area contributed by atoms with Gasteiger partial charge in [-0.15, -0.1) is 24.0 Å². The SMILES string of the molecule is CCOCCC1(CNC(=NC)NCCN(C)C(=O)OC(C)(C)C)CCCC1.I. The van der Waals surface area contributed by atoms with Crippen molar-refractivity contribution in [3.05, 3.63) is 0 Å². The first-order chi connectivity index (χ1) is 12.7. The van der Waals surface area contributed by atoms with Gasteiger partial charge in [0.05, 0.1) is 0 Å². The predicted octanol–water partition coefficient (Wildman–Crippen LogP) is 3.62. The van der Waals surface area contributed by atoms with Gasteiger partial charge in [-0.25, -0.2) is 4.79 Å². The van der Waals surface area contributed by atoms with Crippen molar-refractivity contribution < 1.29 is 14.3 Å². The molecule has 0 aromatic carbocycles.